The second kappa shape index (κ2) is 8.88. The minimum Gasteiger partial charge on any atom is -0.467 e. The number of carbonyl (C=O) groups excluding carboxylic acids is 1. The van der Waals surface area contributed by atoms with Gasteiger partial charge in [-0.25, -0.2) is 0 Å². The zero-order valence-electron chi connectivity index (χ0n) is 14.6. The lowest BCUT2D eigenvalue weighted by Crippen LogP contribution is -2.35. The van der Waals surface area contributed by atoms with Crippen molar-refractivity contribution in [3.8, 4) is 0 Å². The average Bonchev–Trinajstić information content (AvgIpc) is 3.35. The molecule has 0 saturated heterocycles. The Bertz CT molecular complexity index is 841. The summed E-state index contributed by atoms with van der Waals surface area (Å²) in [6.07, 6.45) is 1.60. The Morgan fingerprint density at radius 1 is 1.22 bits per heavy atom. The van der Waals surface area contributed by atoms with Crippen LogP contribution < -0.4 is 0 Å². The Balaban J connectivity index is 1.70. The maximum Gasteiger partial charge on any atom is 0.269 e. The van der Waals surface area contributed by atoms with Crippen molar-refractivity contribution in [2.24, 2.45) is 0 Å². The third-order valence-corrected chi connectivity index (χ3v) is 5.83. The van der Waals surface area contributed by atoms with Gasteiger partial charge in [0.05, 0.1) is 29.5 Å². The fourth-order valence-corrected chi connectivity index (χ4v) is 4.22. The van der Waals surface area contributed by atoms with Crippen molar-refractivity contribution in [3.05, 3.63) is 80.9 Å². The molecule has 3 rings (SSSR count). The van der Waals surface area contributed by atoms with Crippen LogP contribution in [0, 0.1) is 10.1 Å². The van der Waals surface area contributed by atoms with Gasteiger partial charge < -0.3 is 9.32 Å². The van der Waals surface area contributed by atoms with Gasteiger partial charge in [-0.05, 0) is 42.6 Å². The minimum atomic E-state index is -0.435. The van der Waals surface area contributed by atoms with Gasteiger partial charge in [0, 0.05) is 21.9 Å². The van der Waals surface area contributed by atoms with Gasteiger partial charge in [-0.15, -0.1) is 23.1 Å². The predicted molar refractivity (Wildman–Crippen MR) is 106 cm³/mol. The number of nitrogens with zero attached hydrogens (tertiary/aromatic N) is 2. The maximum absolute atomic E-state index is 13.0. The van der Waals surface area contributed by atoms with Crippen molar-refractivity contribution < 1.29 is 14.1 Å². The Morgan fingerprint density at radius 2 is 2.00 bits per heavy atom. The summed E-state index contributed by atoms with van der Waals surface area (Å²) in [6, 6.07) is 13.9. The zero-order valence-corrected chi connectivity index (χ0v) is 16.2. The standard InChI is InChI=1S/C19H18N2O4S2/c1-14(27-17-8-6-15(7-9-17)21(23)24)19(22)20(12-16-4-2-10-25-16)13-18-5-3-11-26-18/h2-11,14H,12-13H2,1H3. The van der Waals surface area contributed by atoms with Crippen LogP contribution in [0.3, 0.4) is 0 Å². The molecule has 0 N–H and O–H groups in total. The first-order chi connectivity index (χ1) is 13.0. The largest absolute Gasteiger partial charge is 0.467 e. The fraction of sp³-hybridized carbons (Fsp3) is 0.211. The van der Waals surface area contributed by atoms with Crippen LogP contribution in [0.15, 0.2) is 69.5 Å². The van der Waals surface area contributed by atoms with Crippen LogP contribution in [0.2, 0.25) is 0 Å². The summed E-state index contributed by atoms with van der Waals surface area (Å²) in [5, 5.41) is 12.4. The highest BCUT2D eigenvalue weighted by molar-refractivity contribution is 8.00. The summed E-state index contributed by atoms with van der Waals surface area (Å²) < 4.78 is 5.41. The lowest BCUT2D eigenvalue weighted by Gasteiger charge is -2.24. The van der Waals surface area contributed by atoms with Crippen molar-refractivity contribution in [2.45, 2.75) is 30.2 Å². The van der Waals surface area contributed by atoms with E-state index in [4.69, 9.17) is 4.42 Å². The molecule has 2 heterocycles. The first kappa shape index (κ1) is 19.2. The molecular weight excluding hydrogens is 384 g/mol. The minimum absolute atomic E-state index is 0.0110. The fourth-order valence-electron chi connectivity index (χ4n) is 2.55. The summed E-state index contributed by atoms with van der Waals surface area (Å²) in [5.74, 6) is 0.718. The van der Waals surface area contributed by atoms with Crippen LogP contribution in [0.5, 0.6) is 0 Å². The van der Waals surface area contributed by atoms with Gasteiger partial charge in [0.25, 0.3) is 5.69 Å². The van der Waals surface area contributed by atoms with E-state index in [1.54, 1.807) is 40.7 Å². The summed E-state index contributed by atoms with van der Waals surface area (Å²) in [6.45, 7) is 2.76. The Hall–Kier alpha value is -2.58. The molecule has 0 bridgehead atoms. The van der Waals surface area contributed by atoms with Crippen molar-refractivity contribution in [1.82, 2.24) is 4.90 Å². The molecule has 27 heavy (non-hydrogen) atoms. The molecular formula is C19H18N2O4S2. The number of thioether (sulfide) groups is 1. The molecule has 0 aliphatic carbocycles. The molecule has 1 aromatic carbocycles. The lowest BCUT2D eigenvalue weighted by atomic mass is 10.3. The molecule has 0 aliphatic rings. The maximum atomic E-state index is 13.0. The van der Waals surface area contributed by atoms with Crippen LogP contribution in [0.1, 0.15) is 17.6 Å². The monoisotopic (exact) mass is 402 g/mol. The van der Waals surface area contributed by atoms with Gasteiger partial charge >= 0.3 is 0 Å². The van der Waals surface area contributed by atoms with Gasteiger partial charge in [-0.2, -0.15) is 0 Å². The number of furan rings is 1. The van der Waals surface area contributed by atoms with E-state index in [1.807, 2.05) is 30.5 Å². The molecule has 1 atom stereocenters. The molecule has 1 unspecified atom stereocenters. The quantitative estimate of drug-likeness (QED) is 0.302. The molecule has 0 radical (unpaired) electrons. The van der Waals surface area contributed by atoms with Crippen molar-refractivity contribution in [2.75, 3.05) is 0 Å². The van der Waals surface area contributed by atoms with Gasteiger partial charge in [0.15, 0.2) is 0 Å². The number of rotatable bonds is 8. The number of thiophene rings is 1. The third kappa shape index (κ3) is 5.21. The van der Waals surface area contributed by atoms with E-state index < -0.39 is 4.92 Å². The van der Waals surface area contributed by atoms with Crippen LogP contribution in [0.4, 0.5) is 5.69 Å². The summed E-state index contributed by atoms with van der Waals surface area (Å²) in [5.41, 5.74) is 0.0375. The summed E-state index contributed by atoms with van der Waals surface area (Å²) >= 11 is 2.99. The summed E-state index contributed by atoms with van der Waals surface area (Å²) in [7, 11) is 0. The van der Waals surface area contributed by atoms with Crippen molar-refractivity contribution in [3.63, 3.8) is 0 Å². The molecule has 8 heteroatoms. The SMILES string of the molecule is CC(Sc1ccc([N+](=O)[O-])cc1)C(=O)N(Cc1ccco1)Cc1cccs1. The normalized spacial score (nSPS) is 11.9. The van der Waals surface area contributed by atoms with E-state index in [2.05, 4.69) is 0 Å². The molecule has 0 saturated carbocycles. The topological polar surface area (TPSA) is 76.6 Å². The summed E-state index contributed by atoms with van der Waals surface area (Å²) in [4.78, 5) is 27.1. The molecule has 0 spiro atoms. The number of hydrogen-bond acceptors (Lipinski definition) is 6. The molecule has 140 valence electrons. The first-order valence-electron chi connectivity index (χ1n) is 8.27. The van der Waals surface area contributed by atoms with Crippen LogP contribution in [-0.2, 0) is 17.9 Å². The molecule has 0 fully saturated rings. The van der Waals surface area contributed by atoms with E-state index in [9.17, 15) is 14.9 Å². The van der Waals surface area contributed by atoms with Gasteiger partial charge in [0.2, 0.25) is 5.91 Å². The van der Waals surface area contributed by atoms with E-state index in [-0.39, 0.29) is 16.8 Å². The highest BCUT2D eigenvalue weighted by atomic mass is 32.2. The smallest absolute Gasteiger partial charge is 0.269 e. The second-order valence-corrected chi connectivity index (χ2v) is 8.31. The van der Waals surface area contributed by atoms with E-state index in [0.29, 0.717) is 13.1 Å². The second-order valence-electron chi connectivity index (χ2n) is 5.86. The lowest BCUT2D eigenvalue weighted by molar-refractivity contribution is -0.384. The van der Waals surface area contributed by atoms with Crippen LogP contribution >= 0.6 is 23.1 Å². The number of carbonyl (C=O) groups is 1. The van der Waals surface area contributed by atoms with Crippen LogP contribution in [0.25, 0.3) is 0 Å². The van der Waals surface area contributed by atoms with Crippen LogP contribution in [-0.4, -0.2) is 21.0 Å². The van der Waals surface area contributed by atoms with Gasteiger partial charge in [0.1, 0.15) is 5.76 Å². The highest BCUT2D eigenvalue weighted by Gasteiger charge is 2.23. The third-order valence-electron chi connectivity index (χ3n) is 3.87. The average molecular weight is 402 g/mol. The van der Waals surface area contributed by atoms with Crippen molar-refractivity contribution in [1.29, 1.82) is 0 Å². The highest BCUT2D eigenvalue weighted by Crippen LogP contribution is 2.27. The molecule has 1 amide bonds. The Kier molecular flexibility index (Phi) is 6.31. The number of nitro groups is 1. The molecule has 0 aliphatic heterocycles. The van der Waals surface area contributed by atoms with Gasteiger partial charge in [-0.1, -0.05) is 6.07 Å². The number of benzene rings is 1. The number of nitro benzene ring substituents is 1. The van der Waals surface area contributed by atoms with E-state index in [1.165, 1.54) is 23.9 Å². The molecule has 3 aromatic rings. The number of amides is 1. The first-order valence-corrected chi connectivity index (χ1v) is 10.0. The zero-order chi connectivity index (χ0) is 19.2. The Labute approximate surface area is 165 Å². The van der Waals surface area contributed by atoms with Gasteiger partial charge in [-0.3, -0.25) is 14.9 Å². The number of hydrogen-bond donors (Lipinski definition) is 0. The predicted octanol–water partition coefficient (Wildman–Crippen LogP) is 4.96. The number of non-ortho nitro benzene ring substituents is 1. The van der Waals surface area contributed by atoms with E-state index >= 15 is 0 Å². The Morgan fingerprint density at radius 3 is 2.59 bits per heavy atom. The molecule has 2 aromatic heterocycles. The van der Waals surface area contributed by atoms with E-state index in [0.717, 1.165) is 15.5 Å². The molecule has 6 nitrogen and oxygen atoms in total. The van der Waals surface area contributed by atoms with Crippen molar-refractivity contribution >= 4 is 34.7 Å².